The van der Waals surface area contributed by atoms with Crippen molar-refractivity contribution >= 4 is 14.4 Å². The number of carbonyl (C=O) groups is 1. The quantitative estimate of drug-likeness (QED) is 0.766. The number of hydrogen-bond donors (Lipinski definition) is 2. The Morgan fingerprint density at radius 2 is 1.70 bits per heavy atom. The van der Waals surface area contributed by atoms with Crippen LogP contribution in [0, 0.1) is 0 Å². The standard InChI is InChI=1S/C14H32N2O3Si/c1-13(2,3)19-12(17)16-9-11(15)10-18-20(7,8)14(4,5)6/h11H,9-10,15H2,1-8H3,(H,16,17)/t11-/m1/s1. The first kappa shape index (κ1) is 19.4. The summed E-state index contributed by atoms with van der Waals surface area (Å²) in [6.07, 6.45) is -0.444. The lowest BCUT2D eigenvalue weighted by Crippen LogP contribution is -2.47. The average Bonchev–Trinajstić information content (AvgIpc) is 2.19. The molecule has 3 N–H and O–H groups in total. The first-order chi connectivity index (χ1) is 8.74. The summed E-state index contributed by atoms with van der Waals surface area (Å²) in [5.74, 6) is 0. The van der Waals surface area contributed by atoms with Crippen molar-refractivity contribution in [3.8, 4) is 0 Å². The lowest BCUT2D eigenvalue weighted by atomic mass is 10.2. The molecule has 0 radical (unpaired) electrons. The van der Waals surface area contributed by atoms with Crippen LogP contribution in [-0.2, 0) is 9.16 Å². The van der Waals surface area contributed by atoms with E-state index in [0.717, 1.165) is 0 Å². The Hall–Kier alpha value is -0.593. The molecule has 0 unspecified atom stereocenters. The van der Waals surface area contributed by atoms with Crippen molar-refractivity contribution in [2.75, 3.05) is 13.2 Å². The molecule has 0 aromatic carbocycles. The van der Waals surface area contributed by atoms with Gasteiger partial charge in [0, 0.05) is 12.6 Å². The lowest BCUT2D eigenvalue weighted by molar-refractivity contribution is 0.0521. The van der Waals surface area contributed by atoms with Gasteiger partial charge in [0.2, 0.25) is 0 Å². The van der Waals surface area contributed by atoms with Gasteiger partial charge in [0.25, 0.3) is 0 Å². The third-order valence-corrected chi connectivity index (χ3v) is 7.87. The van der Waals surface area contributed by atoms with E-state index >= 15 is 0 Å². The van der Waals surface area contributed by atoms with E-state index in [9.17, 15) is 4.79 Å². The minimum absolute atomic E-state index is 0.158. The van der Waals surface area contributed by atoms with E-state index in [1.807, 2.05) is 20.8 Å². The molecule has 0 heterocycles. The lowest BCUT2D eigenvalue weighted by Gasteiger charge is -2.36. The summed E-state index contributed by atoms with van der Waals surface area (Å²) in [5.41, 5.74) is 5.47. The fourth-order valence-electron chi connectivity index (χ4n) is 1.12. The van der Waals surface area contributed by atoms with Crippen LogP contribution < -0.4 is 11.1 Å². The van der Waals surface area contributed by atoms with Crippen molar-refractivity contribution in [2.45, 2.75) is 71.3 Å². The molecule has 0 fully saturated rings. The molecule has 0 spiro atoms. The largest absolute Gasteiger partial charge is 0.444 e. The second-order valence-corrected chi connectivity index (χ2v) is 12.5. The van der Waals surface area contributed by atoms with Gasteiger partial charge in [0.05, 0.1) is 6.61 Å². The summed E-state index contributed by atoms with van der Waals surface area (Å²) in [6.45, 7) is 17.2. The maximum atomic E-state index is 11.5. The number of nitrogens with two attached hydrogens (primary N) is 1. The van der Waals surface area contributed by atoms with Crippen molar-refractivity contribution in [3.05, 3.63) is 0 Å². The highest BCUT2D eigenvalue weighted by Crippen LogP contribution is 2.36. The summed E-state index contributed by atoms with van der Waals surface area (Å²) in [4.78, 5) is 11.5. The van der Waals surface area contributed by atoms with E-state index in [0.29, 0.717) is 13.2 Å². The Labute approximate surface area is 124 Å². The molecule has 20 heavy (non-hydrogen) atoms. The fraction of sp³-hybridized carbons (Fsp3) is 0.929. The van der Waals surface area contributed by atoms with E-state index < -0.39 is 20.0 Å². The van der Waals surface area contributed by atoms with Gasteiger partial charge in [0.15, 0.2) is 8.32 Å². The number of alkyl carbamates (subject to hydrolysis) is 1. The molecular formula is C14H32N2O3Si. The van der Waals surface area contributed by atoms with Gasteiger partial charge in [-0.25, -0.2) is 4.79 Å². The highest BCUT2D eigenvalue weighted by molar-refractivity contribution is 6.74. The molecule has 0 aromatic rings. The van der Waals surface area contributed by atoms with Crippen LogP contribution in [0.4, 0.5) is 4.79 Å². The highest BCUT2D eigenvalue weighted by Gasteiger charge is 2.37. The number of carbonyl (C=O) groups excluding carboxylic acids is 1. The smallest absolute Gasteiger partial charge is 0.407 e. The SMILES string of the molecule is CC(C)(C)OC(=O)NC[C@@H](N)CO[Si](C)(C)C(C)(C)C. The van der Waals surface area contributed by atoms with Gasteiger partial charge in [-0.15, -0.1) is 0 Å². The molecule has 0 rings (SSSR count). The van der Waals surface area contributed by atoms with E-state index in [2.05, 4.69) is 39.2 Å². The summed E-state index contributed by atoms with van der Waals surface area (Å²) < 4.78 is 11.2. The van der Waals surface area contributed by atoms with Crippen LogP contribution in [0.1, 0.15) is 41.5 Å². The third-order valence-electron chi connectivity index (χ3n) is 3.37. The number of amides is 1. The van der Waals surface area contributed by atoms with Crippen molar-refractivity contribution in [2.24, 2.45) is 5.73 Å². The van der Waals surface area contributed by atoms with E-state index in [-0.39, 0.29) is 11.1 Å². The Kier molecular flexibility index (Phi) is 6.71. The Morgan fingerprint density at radius 3 is 2.10 bits per heavy atom. The van der Waals surface area contributed by atoms with Crippen molar-refractivity contribution in [3.63, 3.8) is 0 Å². The molecule has 5 nitrogen and oxygen atoms in total. The van der Waals surface area contributed by atoms with Crippen LogP contribution in [0.5, 0.6) is 0 Å². The summed E-state index contributed by atoms with van der Waals surface area (Å²) in [5, 5.41) is 2.82. The number of rotatable bonds is 5. The van der Waals surface area contributed by atoms with Gasteiger partial charge in [-0.3, -0.25) is 0 Å². The summed E-state index contributed by atoms with van der Waals surface area (Å²) in [7, 11) is -1.79. The fourth-order valence-corrected chi connectivity index (χ4v) is 2.18. The van der Waals surface area contributed by atoms with Gasteiger partial charge < -0.3 is 20.2 Å². The zero-order valence-electron chi connectivity index (χ0n) is 14.3. The van der Waals surface area contributed by atoms with Crippen LogP contribution in [0.25, 0.3) is 0 Å². The van der Waals surface area contributed by atoms with Crippen molar-refractivity contribution in [1.82, 2.24) is 5.32 Å². The maximum Gasteiger partial charge on any atom is 0.407 e. The predicted octanol–water partition coefficient (Wildman–Crippen LogP) is 2.86. The van der Waals surface area contributed by atoms with Crippen LogP contribution in [0.15, 0.2) is 0 Å². The highest BCUT2D eigenvalue weighted by atomic mass is 28.4. The van der Waals surface area contributed by atoms with Crippen LogP contribution >= 0.6 is 0 Å². The molecule has 0 aromatic heterocycles. The molecule has 0 aliphatic heterocycles. The maximum absolute atomic E-state index is 11.5. The van der Waals surface area contributed by atoms with Crippen LogP contribution in [-0.4, -0.2) is 39.2 Å². The zero-order valence-corrected chi connectivity index (χ0v) is 15.3. The Morgan fingerprint density at radius 1 is 1.20 bits per heavy atom. The normalized spacial score (nSPS) is 14.8. The molecule has 120 valence electrons. The molecule has 1 amide bonds. The summed E-state index contributed by atoms with van der Waals surface area (Å²) in [6, 6.07) is -0.225. The molecule has 6 heteroatoms. The minimum atomic E-state index is -1.79. The Balaban J connectivity index is 4.08. The molecule has 1 atom stereocenters. The van der Waals surface area contributed by atoms with Gasteiger partial charge in [-0.05, 0) is 38.9 Å². The number of hydrogen-bond acceptors (Lipinski definition) is 4. The van der Waals surface area contributed by atoms with Gasteiger partial charge in [-0.2, -0.15) is 0 Å². The van der Waals surface area contributed by atoms with E-state index in [1.54, 1.807) is 0 Å². The third kappa shape index (κ3) is 7.87. The second-order valence-electron chi connectivity index (χ2n) is 7.71. The molecule has 0 aliphatic carbocycles. The first-order valence-corrected chi connectivity index (χ1v) is 10.0. The predicted molar refractivity (Wildman–Crippen MR) is 85.4 cm³/mol. The van der Waals surface area contributed by atoms with E-state index in [1.165, 1.54) is 0 Å². The monoisotopic (exact) mass is 304 g/mol. The first-order valence-electron chi connectivity index (χ1n) is 7.11. The Bertz CT molecular complexity index is 319. The zero-order chi connectivity index (χ0) is 16.2. The molecule has 0 aliphatic rings. The van der Waals surface area contributed by atoms with Crippen molar-refractivity contribution < 1.29 is 14.0 Å². The number of ether oxygens (including phenoxy) is 1. The minimum Gasteiger partial charge on any atom is -0.444 e. The van der Waals surface area contributed by atoms with Gasteiger partial charge in [0.1, 0.15) is 5.60 Å². The van der Waals surface area contributed by atoms with Crippen molar-refractivity contribution in [1.29, 1.82) is 0 Å². The second kappa shape index (κ2) is 6.91. The molecule has 0 saturated heterocycles. The molecule has 0 bridgehead atoms. The molecule has 0 saturated carbocycles. The molecular weight excluding hydrogens is 272 g/mol. The summed E-state index contributed by atoms with van der Waals surface area (Å²) >= 11 is 0. The van der Waals surface area contributed by atoms with Gasteiger partial charge in [-0.1, -0.05) is 20.8 Å². The van der Waals surface area contributed by atoms with Crippen LogP contribution in [0.3, 0.4) is 0 Å². The van der Waals surface area contributed by atoms with Crippen LogP contribution in [0.2, 0.25) is 18.1 Å². The van der Waals surface area contributed by atoms with Gasteiger partial charge >= 0.3 is 6.09 Å². The topological polar surface area (TPSA) is 73.6 Å². The van der Waals surface area contributed by atoms with E-state index in [4.69, 9.17) is 14.9 Å². The average molecular weight is 305 g/mol. The number of nitrogens with one attached hydrogen (secondary N) is 1.